The lowest BCUT2D eigenvalue weighted by atomic mass is 10.0. The fourth-order valence-corrected chi connectivity index (χ4v) is 3.25. The number of nitrogens with zero attached hydrogens (tertiary/aromatic N) is 2. The van der Waals surface area contributed by atoms with Gasteiger partial charge in [0.2, 0.25) is 0 Å². The van der Waals surface area contributed by atoms with Gasteiger partial charge in [0, 0.05) is 23.3 Å². The molecular weight excluding hydrogens is 306 g/mol. The molecule has 0 saturated carbocycles. The molecule has 0 aliphatic carbocycles. The number of para-hydroxylation sites is 1. The minimum absolute atomic E-state index is 0.606. The number of nitrogens with one attached hydrogen (secondary N) is 1. The predicted molar refractivity (Wildman–Crippen MR) is 102 cm³/mol. The number of rotatable bonds is 3. The number of hydrogen-bond acceptors (Lipinski definition) is 3. The van der Waals surface area contributed by atoms with Gasteiger partial charge in [0.25, 0.3) is 0 Å². The van der Waals surface area contributed by atoms with Gasteiger partial charge >= 0.3 is 0 Å². The highest BCUT2D eigenvalue weighted by molar-refractivity contribution is 5.95. The zero-order chi connectivity index (χ0) is 17.2. The van der Waals surface area contributed by atoms with Crippen LogP contribution in [0.15, 0.2) is 66.7 Å². The Morgan fingerprint density at radius 3 is 2.60 bits per heavy atom. The Labute approximate surface area is 146 Å². The zero-order valence-corrected chi connectivity index (χ0v) is 14.0. The summed E-state index contributed by atoms with van der Waals surface area (Å²) < 4.78 is 0. The SMILES string of the molecule is Cc1cc(NCc2cccc3ccccc23)c2cccc(C#N)c2n1. The van der Waals surface area contributed by atoms with Gasteiger partial charge in [-0.3, -0.25) is 4.98 Å². The molecule has 0 aliphatic heterocycles. The molecule has 0 saturated heterocycles. The normalized spacial score (nSPS) is 10.7. The van der Waals surface area contributed by atoms with E-state index >= 15 is 0 Å². The van der Waals surface area contributed by atoms with Gasteiger partial charge in [0.05, 0.1) is 11.1 Å². The second-order valence-corrected chi connectivity index (χ2v) is 6.12. The second kappa shape index (κ2) is 6.26. The highest BCUT2D eigenvalue weighted by atomic mass is 14.9. The molecule has 0 unspecified atom stereocenters. The van der Waals surface area contributed by atoms with Crippen molar-refractivity contribution in [2.24, 2.45) is 0 Å². The van der Waals surface area contributed by atoms with Gasteiger partial charge in [-0.15, -0.1) is 0 Å². The van der Waals surface area contributed by atoms with E-state index in [9.17, 15) is 5.26 Å². The molecule has 0 fully saturated rings. The van der Waals surface area contributed by atoms with Crippen molar-refractivity contribution in [3.63, 3.8) is 0 Å². The van der Waals surface area contributed by atoms with Crippen molar-refractivity contribution < 1.29 is 0 Å². The van der Waals surface area contributed by atoms with Crippen molar-refractivity contribution in [2.45, 2.75) is 13.5 Å². The number of anilines is 1. The Balaban J connectivity index is 1.75. The van der Waals surface area contributed by atoms with E-state index in [2.05, 4.69) is 58.8 Å². The molecule has 0 aliphatic rings. The zero-order valence-electron chi connectivity index (χ0n) is 14.0. The van der Waals surface area contributed by atoms with Crippen LogP contribution >= 0.6 is 0 Å². The van der Waals surface area contributed by atoms with E-state index in [1.165, 1.54) is 16.3 Å². The number of hydrogen-bond donors (Lipinski definition) is 1. The van der Waals surface area contributed by atoms with E-state index in [1.54, 1.807) is 0 Å². The summed E-state index contributed by atoms with van der Waals surface area (Å²) in [5, 5.41) is 16.3. The summed E-state index contributed by atoms with van der Waals surface area (Å²) in [6.07, 6.45) is 0. The number of nitriles is 1. The summed E-state index contributed by atoms with van der Waals surface area (Å²) in [5.41, 5.74) is 4.51. The van der Waals surface area contributed by atoms with Crippen LogP contribution in [0.4, 0.5) is 5.69 Å². The summed E-state index contributed by atoms with van der Waals surface area (Å²) in [6, 6.07) is 24.8. The van der Waals surface area contributed by atoms with E-state index in [0.29, 0.717) is 5.56 Å². The first kappa shape index (κ1) is 15.2. The van der Waals surface area contributed by atoms with E-state index in [0.717, 1.165) is 28.8 Å². The van der Waals surface area contributed by atoms with E-state index in [1.807, 2.05) is 31.2 Å². The van der Waals surface area contributed by atoms with Crippen molar-refractivity contribution in [3.05, 3.63) is 83.6 Å². The number of benzene rings is 3. The van der Waals surface area contributed by atoms with Crippen LogP contribution in [0.3, 0.4) is 0 Å². The van der Waals surface area contributed by atoms with Gasteiger partial charge in [0.1, 0.15) is 6.07 Å². The Hall–Kier alpha value is -3.38. The molecule has 25 heavy (non-hydrogen) atoms. The van der Waals surface area contributed by atoms with E-state index in [4.69, 9.17) is 0 Å². The molecule has 1 aromatic heterocycles. The van der Waals surface area contributed by atoms with Gasteiger partial charge in [-0.05, 0) is 35.4 Å². The Morgan fingerprint density at radius 2 is 1.72 bits per heavy atom. The maximum atomic E-state index is 9.33. The molecule has 0 bridgehead atoms. The lowest BCUT2D eigenvalue weighted by Gasteiger charge is -2.13. The fraction of sp³-hybridized carbons (Fsp3) is 0.0909. The third kappa shape index (κ3) is 2.79. The minimum atomic E-state index is 0.606. The van der Waals surface area contributed by atoms with Crippen molar-refractivity contribution in [1.29, 1.82) is 5.26 Å². The smallest absolute Gasteiger partial charge is 0.101 e. The van der Waals surface area contributed by atoms with Crippen molar-refractivity contribution in [3.8, 4) is 6.07 Å². The van der Waals surface area contributed by atoms with Crippen molar-refractivity contribution in [1.82, 2.24) is 4.98 Å². The molecule has 0 radical (unpaired) electrons. The van der Waals surface area contributed by atoms with Crippen LogP contribution in [0, 0.1) is 18.3 Å². The topological polar surface area (TPSA) is 48.7 Å². The number of fused-ring (bicyclic) bond motifs is 2. The monoisotopic (exact) mass is 323 g/mol. The summed E-state index contributed by atoms with van der Waals surface area (Å²) in [4.78, 5) is 4.55. The molecule has 120 valence electrons. The number of aromatic nitrogens is 1. The van der Waals surface area contributed by atoms with E-state index < -0.39 is 0 Å². The van der Waals surface area contributed by atoms with Gasteiger partial charge in [0.15, 0.2) is 0 Å². The van der Waals surface area contributed by atoms with Gasteiger partial charge in [-0.25, -0.2) is 0 Å². The third-order valence-electron chi connectivity index (χ3n) is 4.44. The summed E-state index contributed by atoms with van der Waals surface area (Å²) in [7, 11) is 0. The highest BCUT2D eigenvalue weighted by Crippen LogP contribution is 2.27. The van der Waals surface area contributed by atoms with E-state index in [-0.39, 0.29) is 0 Å². The molecule has 0 spiro atoms. The van der Waals surface area contributed by atoms with Crippen molar-refractivity contribution in [2.75, 3.05) is 5.32 Å². The van der Waals surface area contributed by atoms with Crippen molar-refractivity contribution >= 4 is 27.4 Å². The lowest BCUT2D eigenvalue weighted by molar-refractivity contribution is 1.16. The van der Waals surface area contributed by atoms with Crippen LogP contribution in [0.1, 0.15) is 16.8 Å². The molecule has 0 atom stereocenters. The molecule has 3 heteroatoms. The minimum Gasteiger partial charge on any atom is -0.380 e. The average Bonchev–Trinajstić information content (AvgIpc) is 2.65. The Morgan fingerprint density at radius 1 is 0.960 bits per heavy atom. The highest BCUT2D eigenvalue weighted by Gasteiger charge is 2.08. The first-order valence-electron chi connectivity index (χ1n) is 8.27. The first-order chi connectivity index (χ1) is 12.3. The molecule has 4 aromatic rings. The van der Waals surface area contributed by atoms with Gasteiger partial charge < -0.3 is 5.32 Å². The second-order valence-electron chi connectivity index (χ2n) is 6.12. The maximum absolute atomic E-state index is 9.33. The largest absolute Gasteiger partial charge is 0.380 e. The summed E-state index contributed by atoms with van der Waals surface area (Å²) in [5.74, 6) is 0. The van der Waals surface area contributed by atoms with Gasteiger partial charge in [-0.1, -0.05) is 54.6 Å². The quantitative estimate of drug-likeness (QED) is 0.565. The fourth-order valence-electron chi connectivity index (χ4n) is 3.25. The third-order valence-corrected chi connectivity index (χ3v) is 4.44. The summed E-state index contributed by atoms with van der Waals surface area (Å²) in [6.45, 7) is 2.67. The molecular formula is C22H17N3. The number of pyridine rings is 1. The lowest BCUT2D eigenvalue weighted by Crippen LogP contribution is -2.02. The Kier molecular flexibility index (Phi) is 3.80. The van der Waals surface area contributed by atoms with Crippen LogP contribution in [0.5, 0.6) is 0 Å². The molecule has 3 aromatic carbocycles. The predicted octanol–water partition coefficient (Wildman–Crippen LogP) is 5.18. The Bertz CT molecular complexity index is 1120. The first-order valence-corrected chi connectivity index (χ1v) is 8.27. The summed E-state index contributed by atoms with van der Waals surface area (Å²) >= 11 is 0. The molecule has 4 rings (SSSR count). The van der Waals surface area contributed by atoms with Crippen LogP contribution in [0.2, 0.25) is 0 Å². The maximum Gasteiger partial charge on any atom is 0.101 e. The number of aryl methyl sites for hydroxylation is 1. The molecule has 0 amide bonds. The van der Waals surface area contributed by atoms with Gasteiger partial charge in [-0.2, -0.15) is 5.26 Å². The van der Waals surface area contributed by atoms with Crippen LogP contribution in [-0.2, 0) is 6.54 Å². The van der Waals surface area contributed by atoms with Crippen LogP contribution in [0.25, 0.3) is 21.7 Å². The molecule has 3 nitrogen and oxygen atoms in total. The standard InChI is InChI=1S/C22H17N3/c1-15-12-21(20-11-5-8-17(13-23)22(20)25-15)24-14-18-9-4-7-16-6-2-3-10-19(16)18/h2-12H,14H2,1H3,(H,24,25). The average molecular weight is 323 g/mol. The molecule has 1 heterocycles. The molecule has 1 N–H and O–H groups in total. The van der Waals surface area contributed by atoms with Crippen LogP contribution < -0.4 is 5.32 Å². The van der Waals surface area contributed by atoms with Crippen LogP contribution in [-0.4, -0.2) is 4.98 Å².